The number of ether oxygens (including phenoxy) is 1. The number of nitrogens with zero attached hydrogens (tertiary/aromatic N) is 1. The van der Waals surface area contributed by atoms with Crippen LogP contribution in [0.5, 0.6) is 0 Å². The lowest BCUT2D eigenvalue weighted by Gasteiger charge is -2.43. The lowest BCUT2D eigenvalue weighted by Crippen LogP contribution is -2.61. The fourth-order valence-corrected chi connectivity index (χ4v) is 5.28. The van der Waals surface area contributed by atoms with Gasteiger partial charge in [0.25, 0.3) is 5.91 Å². The summed E-state index contributed by atoms with van der Waals surface area (Å²) >= 11 is 9.12. The van der Waals surface area contributed by atoms with Crippen LogP contribution in [-0.4, -0.2) is 52.0 Å². The van der Waals surface area contributed by atoms with Gasteiger partial charge in [0.1, 0.15) is 0 Å². The van der Waals surface area contributed by atoms with E-state index in [0.717, 1.165) is 44.3 Å². The quantitative estimate of drug-likeness (QED) is 0.501. The molecular formula is C21H26BrN3O3S. The summed E-state index contributed by atoms with van der Waals surface area (Å²) in [5.41, 5.74) is 1.55. The van der Waals surface area contributed by atoms with Gasteiger partial charge in [-0.25, -0.2) is 0 Å². The predicted molar refractivity (Wildman–Crippen MR) is 118 cm³/mol. The molecule has 4 atom stereocenters. The van der Waals surface area contributed by atoms with Gasteiger partial charge < -0.3 is 15.4 Å². The molecule has 8 heteroatoms. The largest absolute Gasteiger partial charge is 0.376 e. The number of nitrogens with one attached hydrogen (secondary N) is 2. The predicted octanol–water partition coefficient (Wildman–Crippen LogP) is 2.74. The van der Waals surface area contributed by atoms with Gasteiger partial charge >= 0.3 is 0 Å². The molecule has 1 aromatic rings. The van der Waals surface area contributed by atoms with Crippen LogP contribution in [0.25, 0.3) is 0 Å². The highest BCUT2D eigenvalue weighted by Crippen LogP contribution is 2.33. The van der Waals surface area contributed by atoms with Crippen molar-refractivity contribution < 1.29 is 14.3 Å². The van der Waals surface area contributed by atoms with Gasteiger partial charge in [-0.3, -0.25) is 14.5 Å². The minimum Gasteiger partial charge on any atom is -0.376 e. The molecule has 0 spiro atoms. The second-order valence-corrected chi connectivity index (χ2v) is 9.72. The zero-order valence-electron chi connectivity index (χ0n) is 16.2. The van der Waals surface area contributed by atoms with Gasteiger partial charge in [0.05, 0.1) is 18.6 Å². The summed E-state index contributed by atoms with van der Waals surface area (Å²) < 4.78 is 5.53. The number of amides is 2. The maximum absolute atomic E-state index is 13.0. The van der Waals surface area contributed by atoms with Gasteiger partial charge in [-0.15, -0.1) is 0 Å². The molecule has 4 rings (SSSR count). The van der Waals surface area contributed by atoms with Gasteiger partial charge in [0.15, 0.2) is 5.11 Å². The lowest BCUT2D eigenvalue weighted by molar-refractivity contribution is -0.135. The third kappa shape index (κ3) is 4.81. The molecule has 1 aliphatic carbocycles. The molecule has 2 saturated heterocycles. The number of hydrogen-bond donors (Lipinski definition) is 2. The van der Waals surface area contributed by atoms with Crippen LogP contribution in [0.4, 0.5) is 0 Å². The average Bonchev–Trinajstić information content (AvgIpc) is 3.24. The van der Waals surface area contributed by atoms with E-state index in [1.807, 2.05) is 12.1 Å². The second kappa shape index (κ2) is 9.10. The molecule has 0 radical (unpaired) electrons. The average molecular weight is 480 g/mol. The molecule has 29 heavy (non-hydrogen) atoms. The van der Waals surface area contributed by atoms with E-state index in [0.29, 0.717) is 28.6 Å². The lowest BCUT2D eigenvalue weighted by atomic mass is 9.82. The van der Waals surface area contributed by atoms with Crippen LogP contribution in [0.2, 0.25) is 0 Å². The first kappa shape index (κ1) is 20.8. The molecule has 1 aromatic carbocycles. The van der Waals surface area contributed by atoms with Gasteiger partial charge in [0, 0.05) is 29.6 Å². The van der Waals surface area contributed by atoms with E-state index in [9.17, 15) is 9.59 Å². The summed E-state index contributed by atoms with van der Waals surface area (Å²) in [6, 6.07) is 7.51. The highest BCUT2D eigenvalue weighted by Gasteiger charge is 2.42. The first-order valence-corrected chi connectivity index (χ1v) is 11.6. The van der Waals surface area contributed by atoms with Crippen molar-refractivity contribution in [1.29, 1.82) is 0 Å². The Morgan fingerprint density at radius 3 is 2.79 bits per heavy atom. The summed E-state index contributed by atoms with van der Waals surface area (Å²) in [5.74, 6) is -0.0457. The third-order valence-corrected chi connectivity index (χ3v) is 7.16. The molecule has 3 aliphatic rings. The molecule has 1 saturated carbocycles. The summed E-state index contributed by atoms with van der Waals surface area (Å²) in [4.78, 5) is 27.4. The van der Waals surface area contributed by atoms with Gasteiger partial charge in [0.2, 0.25) is 5.91 Å². The zero-order chi connectivity index (χ0) is 20.4. The molecule has 2 heterocycles. The maximum atomic E-state index is 13.0. The van der Waals surface area contributed by atoms with E-state index >= 15 is 0 Å². The van der Waals surface area contributed by atoms with E-state index in [-0.39, 0.29) is 29.9 Å². The minimum absolute atomic E-state index is 0.0392. The number of carbonyl (C=O) groups is 2. The van der Waals surface area contributed by atoms with Gasteiger partial charge in [-0.05, 0) is 62.0 Å². The second-order valence-electron chi connectivity index (χ2n) is 8.04. The van der Waals surface area contributed by atoms with Crippen LogP contribution >= 0.6 is 28.1 Å². The van der Waals surface area contributed by atoms with Crippen molar-refractivity contribution in [1.82, 2.24) is 15.5 Å². The molecule has 2 aliphatic heterocycles. The Morgan fingerprint density at radius 1 is 1.28 bits per heavy atom. The molecular weight excluding hydrogens is 454 g/mol. The van der Waals surface area contributed by atoms with Crippen LogP contribution in [0.3, 0.4) is 0 Å². The summed E-state index contributed by atoms with van der Waals surface area (Å²) in [6.45, 7) is 1.73. The number of thiocarbonyl (C=S) groups is 1. The van der Waals surface area contributed by atoms with E-state index in [1.165, 1.54) is 0 Å². The Bertz CT molecular complexity index is 782. The van der Waals surface area contributed by atoms with Crippen molar-refractivity contribution in [2.45, 2.75) is 55.6 Å². The molecule has 2 N–H and O–H groups in total. The number of hydrogen-bond acceptors (Lipinski definition) is 4. The minimum atomic E-state index is -0.105. The number of carbonyl (C=O) groups excluding carboxylic acids is 2. The number of alkyl halides is 1. The normalized spacial score (nSPS) is 29.3. The smallest absolute Gasteiger partial charge is 0.251 e. The molecule has 2 amide bonds. The van der Waals surface area contributed by atoms with E-state index < -0.39 is 0 Å². The van der Waals surface area contributed by atoms with Crippen LogP contribution < -0.4 is 10.6 Å². The van der Waals surface area contributed by atoms with Crippen molar-refractivity contribution in [3.8, 4) is 0 Å². The van der Waals surface area contributed by atoms with Crippen LogP contribution in [0.15, 0.2) is 24.3 Å². The highest BCUT2D eigenvalue weighted by atomic mass is 79.9. The van der Waals surface area contributed by atoms with Crippen LogP contribution in [0.1, 0.15) is 48.0 Å². The van der Waals surface area contributed by atoms with Crippen molar-refractivity contribution >= 4 is 45.1 Å². The van der Waals surface area contributed by atoms with Crippen molar-refractivity contribution in [2.24, 2.45) is 5.92 Å². The number of benzene rings is 1. The SMILES string of the molecule is O=C(NCC1CCCO1)c1ccc(CN2C(=O)C3CC(Br)CCC3NC2=S)cc1. The maximum Gasteiger partial charge on any atom is 0.251 e. The first-order chi connectivity index (χ1) is 14.0. The summed E-state index contributed by atoms with van der Waals surface area (Å²) in [7, 11) is 0. The fraction of sp³-hybridized carbons (Fsp3) is 0.571. The first-order valence-electron chi connectivity index (χ1n) is 10.3. The van der Waals surface area contributed by atoms with E-state index in [2.05, 4.69) is 26.6 Å². The zero-order valence-corrected chi connectivity index (χ0v) is 18.6. The number of halogens is 1. The van der Waals surface area contributed by atoms with Gasteiger partial charge in [-0.1, -0.05) is 28.1 Å². The monoisotopic (exact) mass is 479 g/mol. The summed E-state index contributed by atoms with van der Waals surface area (Å²) in [5, 5.41) is 6.78. The molecule has 3 fully saturated rings. The van der Waals surface area contributed by atoms with Crippen molar-refractivity contribution in [3.05, 3.63) is 35.4 Å². The Labute approximate surface area is 184 Å². The number of fused-ring (bicyclic) bond motifs is 1. The summed E-state index contributed by atoms with van der Waals surface area (Å²) in [6.07, 6.45) is 5.02. The Kier molecular flexibility index (Phi) is 6.51. The van der Waals surface area contributed by atoms with Gasteiger partial charge in [-0.2, -0.15) is 0 Å². The molecule has 0 bridgehead atoms. The van der Waals surface area contributed by atoms with Crippen molar-refractivity contribution in [2.75, 3.05) is 13.2 Å². The highest BCUT2D eigenvalue weighted by molar-refractivity contribution is 9.09. The van der Waals surface area contributed by atoms with E-state index in [1.54, 1.807) is 17.0 Å². The Balaban J connectivity index is 1.35. The number of rotatable bonds is 5. The molecule has 156 valence electrons. The molecule has 0 aromatic heterocycles. The molecule has 6 nitrogen and oxygen atoms in total. The molecule has 4 unspecified atom stereocenters. The van der Waals surface area contributed by atoms with E-state index in [4.69, 9.17) is 17.0 Å². The Hall–Kier alpha value is -1.51. The fourth-order valence-electron chi connectivity index (χ4n) is 4.31. The third-order valence-electron chi connectivity index (χ3n) is 5.99. The van der Waals surface area contributed by atoms with Crippen LogP contribution in [-0.2, 0) is 16.1 Å². The standard InChI is InChI=1S/C21H26BrN3O3S/c22-15-7-8-18-17(10-15)20(27)25(21(29)24-18)12-13-3-5-14(6-4-13)19(26)23-11-16-2-1-9-28-16/h3-6,15-18H,1-2,7-12H2,(H,23,26)(H,24,29). The Morgan fingerprint density at radius 2 is 2.07 bits per heavy atom. The van der Waals surface area contributed by atoms with Crippen molar-refractivity contribution in [3.63, 3.8) is 0 Å². The topological polar surface area (TPSA) is 70.7 Å². The van der Waals surface area contributed by atoms with Crippen LogP contribution in [0, 0.1) is 5.92 Å².